The quantitative estimate of drug-likeness (QED) is 0.0364. The maximum Gasteiger partial charge on any atom is 0.573 e. The number of amides is 3. The number of aromatic nitrogens is 3. The molecule has 8 N–H and O–H groups in total. The number of nitrogens with zero attached hydrogens (tertiary/aromatic N) is 5. The highest BCUT2D eigenvalue weighted by Gasteiger charge is 2.40. The van der Waals surface area contributed by atoms with Crippen molar-refractivity contribution in [3.05, 3.63) is 65.0 Å². The molecule has 74 heavy (non-hydrogen) atoms. The SMILES string of the molecule is C[C@H](C(=O)O)[C@H](c1ccc2c(c1)O[C@@H](C1CCN(Cc3cc(-n4cc(CCCCCCCCCCC(=O)NCCN(CCC(=O)NCCN)CCC(=O)NCCN)nn4)ccc3OC(F)(F)F)CC1)CC2)C1CC1. The van der Waals surface area contributed by atoms with Gasteiger partial charge in [-0.3, -0.25) is 24.1 Å². The molecule has 2 aromatic carbocycles. The molecule has 3 heterocycles. The van der Waals surface area contributed by atoms with Crippen molar-refractivity contribution in [1.29, 1.82) is 0 Å². The number of nitrogens with one attached hydrogen (secondary N) is 3. The Morgan fingerprint density at radius 1 is 0.811 bits per heavy atom. The number of unbranched alkanes of at least 4 members (excludes halogenated alkanes) is 7. The molecular weight excluding hydrogens is 958 g/mol. The van der Waals surface area contributed by atoms with Crippen LogP contribution in [0.2, 0.25) is 0 Å². The fourth-order valence-electron chi connectivity index (χ4n) is 10.4. The van der Waals surface area contributed by atoms with Crippen LogP contribution in [-0.4, -0.2) is 132 Å². The number of fused-ring (bicyclic) bond motifs is 1. The number of hydrogen-bond donors (Lipinski definition) is 6. The van der Waals surface area contributed by atoms with Crippen LogP contribution in [0.1, 0.15) is 138 Å². The van der Waals surface area contributed by atoms with E-state index in [-0.39, 0.29) is 54.9 Å². The monoisotopic (exact) mass is 1040 g/mol. The van der Waals surface area contributed by atoms with Crippen molar-refractivity contribution in [2.24, 2.45) is 29.2 Å². The van der Waals surface area contributed by atoms with Crippen LogP contribution in [0.4, 0.5) is 13.2 Å². The van der Waals surface area contributed by atoms with Gasteiger partial charge in [-0.1, -0.05) is 62.8 Å². The molecular formula is C54H81F3N10O7. The van der Waals surface area contributed by atoms with Gasteiger partial charge in [-0.15, -0.1) is 18.3 Å². The summed E-state index contributed by atoms with van der Waals surface area (Å²) in [5.41, 5.74) is 15.0. The number of aliphatic carboxylic acids is 1. The highest BCUT2D eigenvalue weighted by atomic mass is 19.4. The Morgan fingerprint density at radius 2 is 1.45 bits per heavy atom. The van der Waals surface area contributed by atoms with Gasteiger partial charge in [-0.05, 0) is 124 Å². The second kappa shape index (κ2) is 29.7. The van der Waals surface area contributed by atoms with Crippen molar-refractivity contribution in [3.63, 3.8) is 0 Å². The van der Waals surface area contributed by atoms with Crippen LogP contribution in [0, 0.1) is 17.8 Å². The van der Waals surface area contributed by atoms with Crippen LogP contribution in [0.25, 0.3) is 5.69 Å². The van der Waals surface area contributed by atoms with Gasteiger partial charge < -0.3 is 46.9 Å². The predicted molar refractivity (Wildman–Crippen MR) is 276 cm³/mol. The van der Waals surface area contributed by atoms with E-state index in [1.54, 1.807) is 23.7 Å². The summed E-state index contributed by atoms with van der Waals surface area (Å²) >= 11 is 0. The average molecular weight is 1040 g/mol. The minimum absolute atomic E-state index is 0.00850. The summed E-state index contributed by atoms with van der Waals surface area (Å²) in [6.07, 6.45) is 12.4. The van der Waals surface area contributed by atoms with Gasteiger partial charge in [0.25, 0.3) is 0 Å². The normalized spacial score (nSPS) is 17.0. The summed E-state index contributed by atoms with van der Waals surface area (Å²) in [6, 6.07) is 10.9. The van der Waals surface area contributed by atoms with Crippen molar-refractivity contribution >= 4 is 23.7 Å². The number of rotatable bonds is 33. The van der Waals surface area contributed by atoms with Crippen LogP contribution in [0.3, 0.4) is 0 Å². The molecule has 1 saturated carbocycles. The molecule has 0 radical (unpaired) electrons. The van der Waals surface area contributed by atoms with Crippen molar-refractivity contribution in [1.82, 2.24) is 40.7 Å². The Labute approximate surface area is 434 Å². The van der Waals surface area contributed by atoms with Crippen LogP contribution in [0.15, 0.2) is 42.6 Å². The molecule has 3 atom stereocenters. The first kappa shape index (κ1) is 58.0. The van der Waals surface area contributed by atoms with E-state index in [2.05, 4.69) is 54.1 Å². The van der Waals surface area contributed by atoms with Crippen LogP contribution < -0.4 is 36.9 Å². The minimum Gasteiger partial charge on any atom is -0.490 e. The Hall–Kier alpha value is -5.31. The largest absolute Gasteiger partial charge is 0.573 e. The fourth-order valence-corrected chi connectivity index (χ4v) is 10.4. The van der Waals surface area contributed by atoms with Gasteiger partial charge in [0.2, 0.25) is 17.7 Å². The van der Waals surface area contributed by atoms with Crippen molar-refractivity contribution in [2.75, 3.05) is 65.4 Å². The third-order valence-corrected chi connectivity index (χ3v) is 14.7. The third-order valence-electron chi connectivity index (χ3n) is 14.7. The molecule has 410 valence electrons. The molecule has 3 amide bonds. The van der Waals surface area contributed by atoms with Gasteiger partial charge >= 0.3 is 12.3 Å². The number of nitrogens with two attached hydrogens (primary N) is 2. The first-order valence-electron chi connectivity index (χ1n) is 27.2. The fraction of sp³-hybridized carbons (Fsp3) is 0.667. The van der Waals surface area contributed by atoms with E-state index >= 15 is 0 Å². The molecule has 2 fully saturated rings. The maximum atomic E-state index is 13.6. The van der Waals surface area contributed by atoms with Crippen LogP contribution in [-0.2, 0) is 38.6 Å². The number of hydrogen-bond acceptors (Lipinski definition) is 12. The smallest absolute Gasteiger partial charge is 0.490 e. The van der Waals surface area contributed by atoms with Crippen LogP contribution in [0.5, 0.6) is 11.5 Å². The third kappa shape index (κ3) is 19.4. The maximum absolute atomic E-state index is 13.6. The zero-order valence-electron chi connectivity index (χ0n) is 43.4. The van der Waals surface area contributed by atoms with Gasteiger partial charge in [0.15, 0.2) is 0 Å². The lowest BCUT2D eigenvalue weighted by Crippen LogP contribution is -2.40. The molecule has 3 aliphatic rings. The van der Waals surface area contributed by atoms with Gasteiger partial charge in [0.1, 0.15) is 17.6 Å². The van der Waals surface area contributed by atoms with E-state index in [1.807, 2.05) is 11.1 Å². The molecule has 20 heteroatoms. The lowest BCUT2D eigenvalue weighted by Gasteiger charge is -2.38. The Balaban J connectivity index is 0.870. The van der Waals surface area contributed by atoms with Gasteiger partial charge in [0, 0.05) is 83.7 Å². The Bertz CT molecular complexity index is 2210. The topological polar surface area (TPSA) is 232 Å². The average Bonchev–Trinajstić information content (AvgIpc) is 4.11. The predicted octanol–water partition coefficient (Wildman–Crippen LogP) is 6.39. The Morgan fingerprint density at radius 3 is 2.08 bits per heavy atom. The van der Waals surface area contributed by atoms with Gasteiger partial charge in [-0.2, -0.15) is 0 Å². The molecule has 0 spiro atoms. The van der Waals surface area contributed by atoms with E-state index in [9.17, 15) is 37.5 Å². The molecule has 1 aromatic heterocycles. The van der Waals surface area contributed by atoms with E-state index in [4.69, 9.17) is 16.2 Å². The summed E-state index contributed by atoms with van der Waals surface area (Å²) in [5.74, 6) is -0.197. The van der Waals surface area contributed by atoms with Crippen molar-refractivity contribution < 1.29 is 46.9 Å². The molecule has 1 aliphatic carbocycles. The van der Waals surface area contributed by atoms with Crippen molar-refractivity contribution in [2.45, 2.75) is 147 Å². The number of aryl methyl sites for hydroxylation is 2. The lowest BCUT2D eigenvalue weighted by molar-refractivity contribution is -0.275. The van der Waals surface area contributed by atoms with E-state index < -0.39 is 18.2 Å². The van der Waals surface area contributed by atoms with Crippen LogP contribution >= 0.6 is 0 Å². The second-order valence-corrected chi connectivity index (χ2v) is 20.5. The highest BCUT2D eigenvalue weighted by Crippen LogP contribution is 2.48. The first-order chi connectivity index (χ1) is 35.7. The molecule has 0 unspecified atom stereocenters. The zero-order chi connectivity index (χ0) is 52.9. The first-order valence-corrected chi connectivity index (χ1v) is 27.2. The minimum atomic E-state index is -4.84. The lowest BCUT2D eigenvalue weighted by atomic mass is 9.81. The molecule has 2 aliphatic heterocycles. The van der Waals surface area contributed by atoms with E-state index in [1.165, 1.54) is 6.07 Å². The zero-order valence-corrected chi connectivity index (χ0v) is 43.4. The number of likely N-dealkylation sites (tertiary alicyclic amines) is 1. The van der Waals surface area contributed by atoms with Crippen molar-refractivity contribution in [3.8, 4) is 17.2 Å². The van der Waals surface area contributed by atoms with E-state index in [0.717, 1.165) is 119 Å². The number of alkyl halides is 3. The second-order valence-electron chi connectivity index (χ2n) is 20.5. The summed E-state index contributed by atoms with van der Waals surface area (Å²) < 4.78 is 53.5. The molecule has 6 rings (SSSR count). The standard InChI is InChI=1S/C54H81F3N10O7/c1-38(53(71)72)52(41-13-14-41)42-15-12-39-16-18-46(73-48(39)35-42)40-20-29-66(30-21-40)36-43-34-45(17-19-47(43)74-54(55,56)57)67-37-44(63-64-67)10-8-6-4-2-3-5-7-9-11-49(68)62-28-33-65(31-22-50(69)60-26-24-58)32-23-51(70)61-27-25-59/h12,15,17,19,34-35,37-38,40-41,46,52H,2-11,13-14,16,18,20-33,36,58-59H2,1H3,(H,60,69)(H,61,70)(H,62,68)(H,71,72)/t38-,46+,52-/m0/s1. The number of carboxylic acid groups (broad SMARTS) is 1. The Kier molecular flexibility index (Phi) is 23.3. The number of carbonyl (C=O) groups is 4. The molecule has 3 aromatic rings. The summed E-state index contributed by atoms with van der Waals surface area (Å²) in [4.78, 5) is 52.8. The number of carboxylic acids is 1. The summed E-state index contributed by atoms with van der Waals surface area (Å²) in [7, 11) is 0. The number of halogens is 3. The number of piperidine rings is 1. The summed E-state index contributed by atoms with van der Waals surface area (Å²) in [5, 5.41) is 27.0. The summed E-state index contributed by atoms with van der Waals surface area (Å²) in [6.45, 7) is 6.90. The molecule has 1 saturated heterocycles. The highest BCUT2D eigenvalue weighted by molar-refractivity contribution is 5.77. The number of carbonyl (C=O) groups excluding carboxylic acids is 3. The molecule has 0 bridgehead atoms. The number of benzene rings is 2. The van der Waals surface area contributed by atoms with Gasteiger partial charge in [0.05, 0.1) is 23.5 Å². The molecule has 17 nitrogen and oxygen atoms in total. The number of ether oxygens (including phenoxy) is 2. The van der Waals surface area contributed by atoms with E-state index in [0.29, 0.717) is 95.0 Å². The van der Waals surface area contributed by atoms with Gasteiger partial charge in [-0.25, -0.2) is 4.68 Å².